The SMILES string of the molecule is COc1ccc(Cl)c(OC)c1N=NC(C(C)=O)C(=O)Nc1cc(Cl)c(OC)c(OC)c1. The fraction of sp³-hybridized carbons (Fsp3) is 0.300. The zero-order valence-electron chi connectivity index (χ0n) is 17.5. The van der Waals surface area contributed by atoms with E-state index in [4.69, 9.17) is 42.1 Å². The summed E-state index contributed by atoms with van der Waals surface area (Å²) >= 11 is 12.3. The molecule has 1 amide bonds. The van der Waals surface area contributed by atoms with E-state index in [-0.39, 0.29) is 27.2 Å². The van der Waals surface area contributed by atoms with Gasteiger partial charge in [0.15, 0.2) is 28.7 Å². The zero-order chi connectivity index (χ0) is 23.1. The summed E-state index contributed by atoms with van der Waals surface area (Å²) < 4.78 is 20.8. The molecule has 1 N–H and O–H groups in total. The van der Waals surface area contributed by atoms with E-state index < -0.39 is 17.7 Å². The number of azo groups is 1. The minimum absolute atomic E-state index is 0.144. The van der Waals surface area contributed by atoms with Crippen LogP contribution in [0.5, 0.6) is 23.0 Å². The molecule has 1 atom stereocenters. The van der Waals surface area contributed by atoms with Crippen molar-refractivity contribution in [3.05, 3.63) is 34.3 Å². The molecule has 0 aromatic heterocycles. The van der Waals surface area contributed by atoms with Crippen LogP contribution in [0.15, 0.2) is 34.5 Å². The number of carbonyl (C=O) groups excluding carboxylic acids is 2. The summed E-state index contributed by atoms with van der Waals surface area (Å²) in [6.45, 7) is 1.22. The number of hydrogen-bond donors (Lipinski definition) is 1. The van der Waals surface area contributed by atoms with Crippen LogP contribution < -0.4 is 24.3 Å². The number of ether oxygens (including phenoxy) is 4. The lowest BCUT2D eigenvalue weighted by atomic mass is 10.2. The van der Waals surface area contributed by atoms with Gasteiger partial charge in [0, 0.05) is 11.8 Å². The molecule has 31 heavy (non-hydrogen) atoms. The number of benzene rings is 2. The van der Waals surface area contributed by atoms with Crippen molar-refractivity contribution >= 4 is 46.3 Å². The largest absolute Gasteiger partial charge is 0.494 e. The highest BCUT2D eigenvalue weighted by molar-refractivity contribution is 6.33. The summed E-state index contributed by atoms with van der Waals surface area (Å²) in [5, 5.41) is 11.0. The number of rotatable bonds is 9. The van der Waals surface area contributed by atoms with E-state index in [2.05, 4.69) is 15.5 Å². The summed E-state index contributed by atoms with van der Waals surface area (Å²) in [5.41, 5.74) is 0.428. The summed E-state index contributed by atoms with van der Waals surface area (Å²) in [5.74, 6) is -0.143. The van der Waals surface area contributed by atoms with Crippen LogP contribution in [0.1, 0.15) is 6.92 Å². The molecule has 0 spiro atoms. The molecule has 0 aliphatic rings. The number of methoxy groups -OCH3 is 4. The quantitative estimate of drug-likeness (QED) is 0.420. The van der Waals surface area contributed by atoms with Crippen LogP contribution in [0.25, 0.3) is 0 Å². The minimum Gasteiger partial charge on any atom is -0.494 e. The van der Waals surface area contributed by atoms with Gasteiger partial charge >= 0.3 is 0 Å². The van der Waals surface area contributed by atoms with Crippen LogP contribution in [0.4, 0.5) is 11.4 Å². The van der Waals surface area contributed by atoms with Crippen molar-refractivity contribution in [2.75, 3.05) is 33.8 Å². The smallest absolute Gasteiger partial charge is 0.258 e. The lowest BCUT2D eigenvalue weighted by Gasteiger charge is -2.14. The first kappa shape index (κ1) is 24.2. The molecule has 2 rings (SSSR count). The molecular weight excluding hydrogens is 449 g/mol. The Morgan fingerprint density at radius 1 is 0.903 bits per heavy atom. The van der Waals surface area contributed by atoms with Crippen LogP contribution in [0.3, 0.4) is 0 Å². The molecule has 1 unspecified atom stereocenters. The topological polar surface area (TPSA) is 108 Å². The Morgan fingerprint density at radius 2 is 1.55 bits per heavy atom. The number of hydrogen-bond acceptors (Lipinski definition) is 8. The van der Waals surface area contributed by atoms with Crippen LogP contribution >= 0.6 is 23.2 Å². The Balaban J connectivity index is 2.36. The van der Waals surface area contributed by atoms with E-state index in [0.717, 1.165) is 0 Å². The number of halogens is 2. The second-order valence-electron chi connectivity index (χ2n) is 6.04. The molecule has 0 aliphatic heterocycles. The van der Waals surface area contributed by atoms with Gasteiger partial charge in [0.1, 0.15) is 5.75 Å². The third-order valence-electron chi connectivity index (χ3n) is 4.08. The zero-order valence-corrected chi connectivity index (χ0v) is 19.0. The predicted octanol–water partition coefficient (Wildman–Crippen LogP) is 4.71. The molecule has 11 heteroatoms. The summed E-state index contributed by atoms with van der Waals surface area (Å²) in [6.07, 6.45) is 0. The molecule has 0 heterocycles. The van der Waals surface area contributed by atoms with Crippen molar-refractivity contribution < 1.29 is 28.5 Å². The third-order valence-corrected chi connectivity index (χ3v) is 4.66. The van der Waals surface area contributed by atoms with E-state index >= 15 is 0 Å². The van der Waals surface area contributed by atoms with Crippen molar-refractivity contribution in [1.82, 2.24) is 0 Å². The number of anilines is 1. The lowest BCUT2D eigenvalue weighted by Crippen LogP contribution is -2.31. The van der Waals surface area contributed by atoms with Crippen LogP contribution in [0, 0.1) is 0 Å². The second kappa shape index (κ2) is 10.8. The molecule has 2 aromatic carbocycles. The maximum absolute atomic E-state index is 12.7. The highest BCUT2D eigenvalue weighted by atomic mass is 35.5. The predicted molar refractivity (Wildman–Crippen MR) is 117 cm³/mol. The van der Waals surface area contributed by atoms with Gasteiger partial charge in [-0.3, -0.25) is 9.59 Å². The molecule has 0 saturated carbocycles. The van der Waals surface area contributed by atoms with Gasteiger partial charge in [-0.05, 0) is 25.1 Å². The lowest BCUT2D eigenvalue weighted by molar-refractivity contribution is -0.126. The molecule has 166 valence electrons. The first-order valence-electron chi connectivity index (χ1n) is 8.81. The monoisotopic (exact) mass is 469 g/mol. The van der Waals surface area contributed by atoms with E-state index in [1.54, 1.807) is 12.1 Å². The van der Waals surface area contributed by atoms with Gasteiger partial charge in [-0.25, -0.2) is 0 Å². The van der Waals surface area contributed by atoms with Crippen molar-refractivity contribution in [2.24, 2.45) is 10.2 Å². The molecule has 9 nitrogen and oxygen atoms in total. The van der Waals surface area contributed by atoms with Crippen molar-refractivity contribution in [3.63, 3.8) is 0 Å². The maximum Gasteiger partial charge on any atom is 0.258 e. The van der Waals surface area contributed by atoms with Crippen LogP contribution in [-0.4, -0.2) is 46.2 Å². The molecular formula is C20H21Cl2N3O6. The molecule has 0 saturated heterocycles. The Hall–Kier alpha value is -3.04. The van der Waals surface area contributed by atoms with Crippen LogP contribution in [0.2, 0.25) is 10.0 Å². The van der Waals surface area contributed by atoms with E-state index in [9.17, 15) is 9.59 Å². The molecule has 2 aromatic rings. The number of nitrogens with zero attached hydrogens (tertiary/aromatic N) is 2. The minimum atomic E-state index is -1.44. The summed E-state index contributed by atoms with van der Waals surface area (Å²) in [4.78, 5) is 24.8. The first-order chi connectivity index (χ1) is 14.8. The Morgan fingerprint density at radius 3 is 2.10 bits per heavy atom. The fourth-order valence-corrected chi connectivity index (χ4v) is 3.13. The average Bonchev–Trinajstić information content (AvgIpc) is 2.73. The van der Waals surface area contributed by atoms with Gasteiger partial charge in [-0.1, -0.05) is 23.2 Å². The van der Waals surface area contributed by atoms with Gasteiger partial charge in [0.25, 0.3) is 5.91 Å². The standard InChI is InChI=1S/C20H21Cl2N3O6/c1-10(26)16(24-25-17-14(28-2)7-6-12(21)19(17)31-5)20(27)23-11-8-13(22)18(30-4)15(9-11)29-3/h6-9,16H,1-5H3,(H,23,27). The van der Waals surface area contributed by atoms with E-state index in [0.29, 0.717) is 17.2 Å². The van der Waals surface area contributed by atoms with E-state index in [1.165, 1.54) is 47.5 Å². The molecule has 0 fully saturated rings. The van der Waals surface area contributed by atoms with Gasteiger partial charge < -0.3 is 24.3 Å². The summed E-state index contributed by atoms with van der Waals surface area (Å²) in [7, 11) is 5.69. The van der Waals surface area contributed by atoms with Crippen molar-refractivity contribution in [2.45, 2.75) is 13.0 Å². The number of nitrogens with one attached hydrogen (secondary N) is 1. The average molecular weight is 470 g/mol. The third kappa shape index (κ3) is 5.56. The Kier molecular flexibility index (Phi) is 8.47. The number of amides is 1. The van der Waals surface area contributed by atoms with Gasteiger partial charge in [0.2, 0.25) is 6.04 Å². The van der Waals surface area contributed by atoms with E-state index in [1.807, 2.05) is 0 Å². The Bertz CT molecular complexity index is 1010. The Labute approximate surface area is 189 Å². The fourth-order valence-electron chi connectivity index (χ4n) is 2.62. The molecule has 0 radical (unpaired) electrons. The second-order valence-corrected chi connectivity index (χ2v) is 6.86. The molecule has 0 bridgehead atoms. The van der Waals surface area contributed by atoms with Gasteiger partial charge in [-0.15, -0.1) is 5.11 Å². The normalized spacial score (nSPS) is 11.7. The number of carbonyl (C=O) groups is 2. The summed E-state index contributed by atoms with van der Waals surface area (Å²) in [6, 6.07) is 4.64. The van der Waals surface area contributed by atoms with Crippen molar-refractivity contribution in [1.29, 1.82) is 0 Å². The number of ketones is 1. The van der Waals surface area contributed by atoms with Gasteiger partial charge in [0.05, 0.1) is 38.5 Å². The number of Topliss-reactive ketones (excluding diaryl/α,β-unsaturated/α-hetero) is 1. The highest BCUT2D eigenvalue weighted by Crippen LogP contribution is 2.43. The highest BCUT2D eigenvalue weighted by Gasteiger charge is 2.25. The van der Waals surface area contributed by atoms with Crippen molar-refractivity contribution in [3.8, 4) is 23.0 Å². The first-order valence-corrected chi connectivity index (χ1v) is 9.57. The van der Waals surface area contributed by atoms with Crippen LogP contribution in [-0.2, 0) is 9.59 Å². The molecule has 0 aliphatic carbocycles. The van der Waals surface area contributed by atoms with Gasteiger partial charge in [-0.2, -0.15) is 5.11 Å². The maximum atomic E-state index is 12.7.